The number of carboxylic acid groups (broad SMARTS) is 1. The number of hydrogen-bond donors (Lipinski definition) is 2. The number of halogens is 1. The van der Waals surface area contributed by atoms with E-state index in [0.717, 1.165) is 15.6 Å². The highest BCUT2D eigenvalue weighted by atomic mass is 79.9. The summed E-state index contributed by atoms with van der Waals surface area (Å²) in [6.07, 6.45) is 0. The predicted molar refractivity (Wildman–Crippen MR) is 67.5 cm³/mol. The summed E-state index contributed by atoms with van der Waals surface area (Å²) in [7, 11) is 0. The van der Waals surface area contributed by atoms with Crippen molar-refractivity contribution in [2.75, 3.05) is 0 Å². The van der Waals surface area contributed by atoms with Crippen LogP contribution in [0.4, 0.5) is 0 Å². The van der Waals surface area contributed by atoms with E-state index in [2.05, 4.69) is 15.9 Å². The molecule has 0 saturated carbocycles. The molecule has 0 saturated heterocycles. The van der Waals surface area contributed by atoms with Crippen LogP contribution in [-0.2, 0) is 10.2 Å². The smallest absolute Gasteiger partial charge is 0.321 e. The van der Waals surface area contributed by atoms with Gasteiger partial charge in [0.1, 0.15) is 6.04 Å². The van der Waals surface area contributed by atoms with Gasteiger partial charge in [0.05, 0.1) is 0 Å². The number of carboxylic acids is 1. The van der Waals surface area contributed by atoms with Gasteiger partial charge < -0.3 is 10.8 Å². The minimum absolute atomic E-state index is 0.614. The van der Waals surface area contributed by atoms with Crippen LogP contribution < -0.4 is 5.73 Å². The molecule has 1 aromatic rings. The standard InChI is InChI=1S/C12H16BrNO2/c1-7-4-5-9(13)8(6-7)12(2,3)10(14)11(15)16/h4-6,10H,14H2,1-3H3,(H,15,16). The minimum atomic E-state index is -0.988. The third-order valence-electron chi connectivity index (χ3n) is 2.86. The van der Waals surface area contributed by atoms with Crippen LogP contribution in [0.25, 0.3) is 0 Å². The molecule has 0 fully saturated rings. The molecule has 3 N–H and O–H groups in total. The van der Waals surface area contributed by atoms with Crippen LogP contribution in [0.2, 0.25) is 0 Å². The van der Waals surface area contributed by atoms with Crippen molar-refractivity contribution in [3.05, 3.63) is 33.8 Å². The maximum atomic E-state index is 11.0. The Morgan fingerprint density at radius 3 is 2.56 bits per heavy atom. The van der Waals surface area contributed by atoms with Crippen molar-refractivity contribution in [2.45, 2.75) is 32.2 Å². The molecule has 0 radical (unpaired) electrons. The second kappa shape index (κ2) is 4.55. The van der Waals surface area contributed by atoms with Crippen molar-refractivity contribution in [2.24, 2.45) is 5.73 Å². The van der Waals surface area contributed by atoms with Gasteiger partial charge in [-0.3, -0.25) is 4.79 Å². The number of carbonyl (C=O) groups is 1. The van der Waals surface area contributed by atoms with Gasteiger partial charge in [-0.15, -0.1) is 0 Å². The largest absolute Gasteiger partial charge is 0.480 e. The van der Waals surface area contributed by atoms with Crippen molar-refractivity contribution in [3.8, 4) is 0 Å². The van der Waals surface area contributed by atoms with Crippen LogP contribution in [0.3, 0.4) is 0 Å². The van der Waals surface area contributed by atoms with Crippen molar-refractivity contribution >= 4 is 21.9 Å². The quantitative estimate of drug-likeness (QED) is 0.897. The van der Waals surface area contributed by atoms with E-state index in [9.17, 15) is 4.79 Å². The fraction of sp³-hybridized carbons (Fsp3) is 0.417. The summed E-state index contributed by atoms with van der Waals surface area (Å²) in [4.78, 5) is 11.0. The van der Waals surface area contributed by atoms with Crippen molar-refractivity contribution in [1.29, 1.82) is 0 Å². The molecule has 88 valence electrons. The number of benzene rings is 1. The molecule has 0 amide bonds. The molecule has 1 atom stereocenters. The Labute approximate surface area is 104 Å². The number of nitrogens with two attached hydrogens (primary N) is 1. The maximum Gasteiger partial charge on any atom is 0.321 e. The van der Waals surface area contributed by atoms with Crippen molar-refractivity contribution in [3.63, 3.8) is 0 Å². The number of hydrogen-bond acceptors (Lipinski definition) is 2. The van der Waals surface area contributed by atoms with Gasteiger partial charge in [0, 0.05) is 9.89 Å². The van der Waals surface area contributed by atoms with Crippen LogP contribution in [0, 0.1) is 6.92 Å². The molecule has 0 aliphatic heterocycles. The first-order chi connectivity index (χ1) is 7.26. The topological polar surface area (TPSA) is 63.3 Å². The summed E-state index contributed by atoms with van der Waals surface area (Å²) in [5.74, 6) is -0.988. The van der Waals surface area contributed by atoms with E-state index in [4.69, 9.17) is 10.8 Å². The van der Waals surface area contributed by atoms with E-state index in [1.165, 1.54) is 0 Å². The highest BCUT2D eigenvalue weighted by Crippen LogP contribution is 2.33. The lowest BCUT2D eigenvalue weighted by molar-refractivity contribution is -0.140. The molecule has 1 unspecified atom stereocenters. The predicted octanol–water partition coefficient (Wildman–Crippen LogP) is 2.45. The third kappa shape index (κ3) is 2.44. The van der Waals surface area contributed by atoms with E-state index in [-0.39, 0.29) is 0 Å². The van der Waals surface area contributed by atoms with Gasteiger partial charge in [0.25, 0.3) is 0 Å². The molecule has 1 rings (SSSR count). The zero-order chi connectivity index (χ0) is 12.5. The SMILES string of the molecule is Cc1ccc(Br)c(C(C)(C)C(N)C(=O)O)c1. The van der Waals surface area contributed by atoms with Gasteiger partial charge in [-0.25, -0.2) is 0 Å². The van der Waals surface area contributed by atoms with Gasteiger partial charge in [0.15, 0.2) is 0 Å². The lowest BCUT2D eigenvalue weighted by Gasteiger charge is -2.30. The summed E-state index contributed by atoms with van der Waals surface area (Å²) in [6.45, 7) is 5.65. The van der Waals surface area contributed by atoms with E-state index in [1.54, 1.807) is 0 Å². The zero-order valence-electron chi connectivity index (χ0n) is 9.62. The molecule has 0 aromatic heterocycles. The van der Waals surface area contributed by atoms with Gasteiger partial charge in [-0.1, -0.05) is 47.5 Å². The van der Waals surface area contributed by atoms with Crippen molar-refractivity contribution < 1.29 is 9.90 Å². The van der Waals surface area contributed by atoms with Crippen LogP contribution >= 0.6 is 15.9 Å². The average Bonchev–Trinajstić information content (AvgIpc) is 2.20. The van der Waals surface area contributed by atoms with E-state index >= 15 is 0 Å². The highest BCUT2D eigenvalue weighted by molar-refractivity contribution is 9.10. The number of aliphatic carboxylic acids is 1. The van der Waals surface area contributed by atoms with E-state index in [0.29, 0.717) is 0 Å². The summed E-state index contributed by atoms with van der Waals surface area (Å²) in [5.41, 5.74) is 7.12. The van der Waals surface area contributed by atoms with Gasteiger partial charge in [0.2, 0.25) is 0 Å². The summed E-state index contributed by atoms with van der Waals surface area (Å²) in [6, 6.07) is 4.93. The highest BCUT2D eigenvalue weighted by Gasteiger charge is 2.35. The van der Waals surface area contributed by atoms with Gasteiger partial charge >= 0.3 is 5.97 Å². The Kier molecular flexibility index (Phi) is 3.76. The van der Waals surface area contributed by atoms with E-state index < -0.39 is 17.4 Å². The molecule has 0 heterocycles. The van der Waals surface area contributed by atoms with Crippen LogP contribution in [0.15, 0.2) is 22.7 Å². The lowest BCUT2D eigenvalue weighted by atomic mass is 9.77. The first kappa shape index (κ1) is 13.2. The lowest BCUT2D eigenvalue weighted by Crippen LogP contribution is -2.47. The Bertz CT molecular complexity index is 415. The first-order valence-corrected chi connectivity index (χ1v) is 5.81. The summed E-state index contributed by atoms with van der Waals surface area (Å²) in [5, 5.41) is 9.00. The fourth-order valence-corrected chi connectivity index (χ4v) is 2.37. The van der Waals surface area contributed by atoms with E-state index in [1.807, 2.05) is 39.0 Å². The molecule has 0 spiro atoms. The average molecular weight is 286 g/mol. The molecular formula is C12H16BrNO2. The minimum Gasteiger partial charge on any atom is -0.480 e. The van der Waals surface area contributed by atoms with Gasteiger partial charge in [-0.2, -0.15) is 0 Å². The zero-order valence-corrected chi connectivity index (χ0v) is 11.2. The fourth-order valence-electron chi connectivity index (χ4n) is 1.61. The Hall–Kier alpha value is -0.870. The molecule has 0 bridgehead atoms. The number of aryl methyl sites for hydroxylation is 1. The Balaban J connectivity index is 3.25. The number of rotatable bonds is 3. The maximum absolute atomic E-state index is 11.0. The van der Waals surface area contributed by atoms with Crippen LogP contribution in [0.1, 0.15) is 25.0 Å². The summed E-state index contributed by atoms with van der Waals surface area (Å²) >= 11 is 3.44. The molecule has 1 aromatic carbocycles. The molecule has 4 heteroatoms. The second-order valence-electron chi connectivity index (χ2n) is 4.52. The molecule has 0 aliphatic rings. The molecular weight excluding hydrogens is 270 g/mol. The third-order valence-corrected chi connectivity index (χ3v) is 3.55. The normalized spacial score (nSPS) is 13.6. The summed E-state index contributed by atoms with van der Waals surface area (Å²) < 4.78 is 0.889. The second-order valence-corrected chi connectivity index (χ2v) is 5.38. The molecule has 0 aliphatic carbocycles. The Morgan fingerprint density at radius 2 is 2.06 bits per heavy atom. The first-order valence-electron chi connectivity index (χ1n) is 5.02. The van der Waals surface area contributed by atoms with Gasteiger partial charge in [-0.05, 0) is 18.6 Å². The Morgan fingerprint density at radius 1 is 1.50 bits per heavy atom. The molecule has 16 heavy (non-hydrogen) atoms. The molecule has 3 nitrogen and oxygen atoms in total. The van der Waals surface area contributed by atoms with Crippen molar-refractivity contribution in [1.82, 2.24) is 0 Å². The van der Waals surface area contributed by atoms with Crippen LogP contribution in [-0.4, -0.2) is 17.1 Å². The van der Waals surface area contributed by atoms with Crippen LogP contribution in [0.5, 0.6) is 0 Å². The monoisotopic (exact) mass is 285 g/mol.